The fourth-order valence-electron chi connectivity index (χ4n) is 2.89. The Morgan fingerprint density at radius 1 is 0.767 bits per heavy atom. The molecule has 1 unspecified atom stereocenters. The summed E-state index contributed by atoms with van der Waals surface area (Å²) in [5, 5.41) is 0. The lowest BCUT2D eigenvalue weighted by Gasteiger charge is -2.41. The first kappa shape index (κ1) is 30.4. The van der Waals surface area contributed by atoms with E-state index < -0.39 is 65.1 Å². The van der Waals surface area contributed by atoms with Gasteiger partial charge < -0.3 is 12.3 Å². The van der Waals surface area contributed by atoms with E-state index in [-0.39, 0.29) is 12.5 Å². The Morgan fingerprint density at radius 3 is 1.57 bits per heavy atom. The van der Waals surface area contributed by atoms with Crippen molar-refractivity contribution in [3.05, 3.63) is 0 Å². The smallest absolute Gasteiger partial charge is 0.437 e. The average molecular weight is 550 g/mol. The fraction of sp³-hybridized carbons (Fsp3) is 1.00. The fourth-order valence-corrected chi connectivity index (χ4v) is 23.7. The molecule has 0 saturated heterocycles. The van der Waals surface area contributed by atoms with Crippen LogP contribution in [-0.2, 0) is 32.4 Å². The molecule has 30 heavy (non-hydrogen) atoms. The van der Waals surface area contributed by atoms with Crippen LogP contribution in [0.1, 0.15) is 6.42 Å². The zero-order valence-electron chi connectivity index (χ0n) is 18.9. The van der Waals surface area contributed by atoms with Crippen LogP contribution in [0.4, 0.5) is 13.2 Å². The van der Waals surface area contributed by atoms with Crippen LogP contribution in [0.3, 0.4) is 0 Å². The molecule has 0 aliphatic heterocycles. The number of halogens is 3. The molecular weight excluding hydrogens is 516 g/mol. The molecule has 0 aliphatic rings. The summed E-state index contributed by atoms with van der Waals surface area (Å²) in [4.78, 5) is 0. The van der Waals surface area contributed by atoms with Gasteiger partial charge in [-0.1, -0.05) is 0 Å². The summed E-state index contributed by atoms with van der Waals surface area (Å²) in [6, 6.07) is 0.162. The van der Waals surface area contributed by atoms with Crippen LogP contribution in [-0.4, -0.2) is 61.9 Å². The van der Waals surface area contributed by atoms with Crippen molar-refractivity contribution in [3.8, 4) is 0 Å². The summed E-state index contributed by atoms with van der Waals surface area (Å²) >= 11 is 0. The Balaban J connectivity index is 5.38. The van der Waals surface area contributed by atoms with Gasteiger partial charge in [0.1, 0.15) is 0 Å². The summed E-state index contributed by atoms with van der Waals surface area (Å²) in [5.41, 5.74) is -5.71. The third kappa shape index (κ3) is 12.4. The first-order chi connectivity index (χ1) is 12.8. The molecule has 0 aromatic rings. The summed E-state index contributed by atoms with van der Waals surface area (Å²) in [5.74, 6) is -0.805. The highest BCUT2D eigenvalue weighted by Gasteiger charge is 2.48. The number of alkyl halides is 3. The molecule has 0 radical (unpaired) electrons. The summed E-state index contributed by atoms with van der Waals surface area (Å²) < 4.78 is 103. The SMILES string of the molecule is C[Si](C)(C)O[Si](C)(C)O[Si](C)(CCCS(=O)(=O)NS(=O)(=O)C(F)(F)F)O[Si](C)(C)C. The van der Waals surface area contributed by atoms with Crippen LogP contribution >= 0.6 is 0 Å². The van der Waals surface area contributed by atoms with Gasteiger partial charge >= 0.3 is 32.7 Å². The molecule has 0 amide bonds. The van der Waals surface area contributed by atoms with Crippen molar-refractivity contribution in [2.75, 3.05) is 5.75 Å². The molecule has 8 nitrogen and oxygen atoms in total. The number of hydrogen-bond donors (Lipinski definition) is 1. The van der Waals surface area contributed by atoms with Crippen molar-refractivity contribution in [1.29, 1.82) is 0 Å². The van der Waals surface area contributed by atoms with Gasteiger partial charge in [0.2, 0.25) is 10.0 Å². The Morgan fingerprint density at radius 2 is 1.20 bits per heavy atom. The molecule has 0 spiro atoms. The van der Waals surface area contributed by atoms with Gasteiger partial charge in [-0.25, -0.2) is 16.8 Å². The van der Waals surface area contributed by atoms with E-state index in [4.69, 9.17) is 12.3 Å². The molecule has 0 fully saturated rings. The third-order valence-corrected chi connectivity index (χ3v) is 20.0. The summed E-state index contributed by atoms with van der Waals surface area (Å²) in [7, 11) is -20.3. The van der Waals surface area contributed by atoms with E-state index in [1.165, 1.54) is 0 Å². The van der Waals surface area contributed by atoms with Crippen LogP contribution in [0.25, 0.3) is 0 Å². The van der Waals surface area contributed by atoms with E-state index in [9.17, 15) is 30.0 Å². The molecule has 0 aromatic carbocycles. The second kappa shape index (κ2) is 9.72. The van der Waals surface area contributed by atoms with Gasteiger partial charge in [-0.05, 0) is 71.4 Å². The second-order valence-electron chi connectivity index (χ2n) is 9.52. The van der Waals surface area contributed by atoms with Gasteiger partial charge in [-0.3, -0.25) is 0 Å². The van der Waals surface area contributed by atoms with Gasteiger partial charge in [0, 0.05) is 0 Å². The highest BCUT2D eigenvalue weighted by Crippen LogP contribution is 2.28. The van der Waals surface area contributed by atoms with Crippen molar-refractivity contribution in [2.24, 2.45) is 0 Å². The van der Waals surface area contributed by atoms with Crippen molar-refractivity contribution in [2.45, 2.75) is 76.9 Å². The number of rotatable bonds is 12. The molecule has 182 valence electrons. The minimum Gasteiger partial charge on any atom is -0.437 e. The normalized spacial score (nSPS) is 17.1. The first-order valence-electron chi connectivity index (χ1n) is 9.21. The Labute approximate surface area is 182 Å². The lowest BCUT2D eigenvalue weighted by atomic mass is 10.6. The standard InChI is InChI=1S/C13H34F3NO7S2Si4/c1-27(2,3)22-29(7,8)24-30(9,23-28(4,5)6)12-10-11-25(18,19)17-26(20,21)13(14,15)16/h17H,10-12H2,1-9H3. The Kier molecular flexibility index (Phi) is 9.84. The van der Waals surface area contributed by atoms with Gasteiger partial charge in [-0.15, -0.1) is 4.13 Å². The molecule has 1 N–H and O–H groups in total. The van der Waals surface area contributed by atoms with Gasteiger partial charge in [0.25, 0.3) is 0 Å². The lowest BCUT2D eigenvalue weighted by molar-refractivity contribution is -0.0441. The predicted octanol–water partition coefficient (Wildman–Crippen LogP) is 3.64. The van der Waals surface area contributed by atoms with E-state index >= 15 is 0 Å². The van der Waals surface area contributed by atoms with Crippen LogP contribution in [0.2, 0.25) is 65.0 Å². The predicted molar refractivity (Wildman–Crippen MR) is 120 cm³/mol. The summed E-state index contributed by atoms with van der Waals surface area (Å²) in [6.45, 7) is 17.4. The van der Waals surface area contributed by atoms with Gasteiger partial charge in [0.05, 0.1) is 5.75 Å². The molecule has 17 heteroatoms. The Hall–Kier alpha value is 0.398. The van der Waals surface area contributed by atoms with Crippen LogP contribution in [0.5, 0.6) is 0 Å². The second-order valence-corrected chi connectivity index (χ2v) is 29.8. The van der Waals surface area contributed by atoms with Crippen LogP contribution in [0, 0.1) is 0 Å². The monoisotopic (exact) mass is 549 g/mol. The van der Waals surface area contributed by atoms with E-state index in [0.717, 1.165) is 4.13 Å². The molecule has 1 atom stereocenters. The Bertz CT molecular complexity index is 793. The quantitative estimate of drug-likeness (QED) is 0.370. The molecule has 0 heterocycles. The highest BCUT2D eigenvalue weighted by atomic mass is 32.3. The number of nitrogens with one attached hydrogen (secondary N) is 1. The zero-order chi connectivity index (χ0) is 24.4. The van der Waals surface area contributed by atoms with Crippen LogP contribution < -0.4 is 4.13 Å². The maximum atomic E-state index is 12.4. The maximum absolute atomic E-state index is 12.4. The molecule has 0 rings (SSSR count). The topological polar surface area (TPSA) is 108 Å². The minimum absolute atomic E-state index is 0.118. The molecular formula is C13H34F3NO7S2Si4. The number of sulfonamides is 2. The minimum atomic E-state index is -5.99. The molecule has 0 aliphatic carbocycles. The number of hydrogen-bond acceptors (Lipinski definition) is 7. The maximum Gasteiger partial charge on any atom is 0.512 e. The molecule has 0 aromatic heterocycles. The highest BCUT2D eigenvalue weighted by molar-refractivity contribution is 8.05. The van der Waals surface area contributed by atoms with Crippen molar-refractivity contribution < 1.29 is 42.4 Å². The van der Waals surface area contributed by atoms with Crippen LogP contribution in [0.15, 0.2) is 0 Å². The van der Waals surface area contributed by atoms with E-state index in [0.29, 0.717) is 0 Å². The van der Waals surface area contributed by atoms with Crippen molar-refractivity contribution in [3.63, 3.8) is 0 Å². The van der Waals surface area contributed by atoms with Gasteiger partial charge in [-0.2, -0.15) is 13.2 Å². The lowest BCUT2D eigenvalue weighted by Crippen LogP contribution is -2.56. The first-order valence-corrected chi connectivity index (χ1v) is 24.5. The molecule has 0 bridgehead atoms. The van der Waals surface area contributed by atoms with Crippen molar-refractivity contribution in [1.82, 2.24) is 4.13 Å². The zero-order valence-corrected chi connectivity index (χ0v) is 24.6. The average Bonchev–Trinajstić information content (AvgIpc) is 2.27. The van der Waals surface area contributed by atoms with E-state index in [2.05, 4.69) is 0 Å². The summed E-state index contributed by atoms with van der Waals surface area (Å²) in [6.07, 6.45) is -0.118. The van der Waals surface area contributed by atoms with E-state index in [1.807, 2.05) is 52.4 Å². The van der Waals surface area contributed by atoms with E-state index in [1.54, 1.807) is 6.55 Å². The largest absolute Gasteiger partial charge is 0.512 e. The molecule has 0 saturated carbocycles. The third-order valence-electron chi connectivity index (χ3n) is 3.12. The van der Waals surface area contributed by atoms with Crippen molar-refractivity contribution >= 4 is 53.8 Å². The van der Waals surface area contributed by atoms with Gasteiger partial charge in [0.15, 0.2) is 16.6 Å².